The third kappa shape index (κ3) is 2.53. The van der Waals surface area contributed by atoms with Crippen LogP contribution >= 0.6 is 12.6 Å². The monoisotopic (exact) mass is 191 g/mol. The molecule has 1 amide bonds. The van der Waals surface area contributed by atoms with Crippen LogP contribution < -0.4 is 5.73 Å². The van der Waals surface area contributed by atoms with E-state index in [-0.39, 0.29) is 0 Å². The second-order valence-electron chi connectivity index (χ2n) is 2.37. The van der Waals surface area contributed by atoms with E-state index in [0.717, 1.165) is 0 Å². The maximum atomic E-state index is 10.9. The largest absolute Gasteiger partial charge is 0.366 e. The van der Waals surface area contributed by atoms with Gasteiger partial charge in [0, 0.05) is 5.56 Å². The Bertz CT molecular complexity index is 376. The van der Waals surface area contributed by atoms with Crippen molar-refractivity contribution in [2.45, 2.75) is 0 Å². The SMILES string of the molecule is NC(=O)c1ccccc1C#CCS. The molecule has 0 unspecified atom stereocenters. The second kappa shape index (κ2) is 4.58. The minimum Gasteiger partial charge on any atom is -0.366 e. The first-order valence-electron chi connectivity index (χ1n) is 3.74. The highest BCUT2D eigenvalue weighted by Crippen LogP contribution is 2.05. The molecule has 1 aromatic rings. The third-order valence-corrected chi connectivity index (χ3v) is 1.65. The molecule has 0 aliphatic rings. The number of thiol groups is 1. The van der Waals surface area contributed by atoms with Crippen molar-refractivity contribution in [2.24, 2.45) is 5.73 Å². The van der Waals surface area contributed by atoms with E-state index in [1.165, 1.54) is 0 Å². The third-order valence-electron chi connectivity index (χ3n) is 1.49. The van der Waals surface area contributed by atoms with Crippen molar-refractivity contribution in [1.82, 2.24) is 0 Å². The predicted octanol–water partition coefficient (Wildman–Crippen LogP) is 1.07. The maximum Gasteiger partial charge on any atom is 0.249 e. The zero-order valence-electron chi connectivity index (χ0n) is 6.95. The van der Waals surface area contributed by atoms with Gasteiger partial charge in [0.05, 0.1) is 11.3 Å². The van der Waals surface area contributed by atoms with E-state index in [1.54, 1.807) is 18.2 Å². The van der Waals surface area contributed by atoms with Crippen LogP contribution in [0.15, 0.2) is 24.3 Å². The molecule has 0 aromatic heterocycles. The van der Waals surface area contributed by atoms with Crippen molar-refractivity contribution in [2.75, 3.05) is 5.75 Å². The molecule has 66 valence electrons. The molecule has 1 rings (SSSR count). The number of hydrogen-bond donors (Lipinski definition) is 2. The van der Waals surface area contributed by atoms with Crippen LogP contribution in [0.25, 0.3) is 0 Å². The number of primary amides is 1. The summed E-state index contributed by atoms with van der Waals surface area (Å²) in [6.07, 6.45) is 0. The maximum absolute atomic E-state index is 10.9. The summed E-state index contributed by atoms with van der Waals surface area (Å²) < 4.78 is 0. The standard InChI is InChI=1S/C10H9NOS/c11-10(12)9-6-2-1-4-8(9)5-3-7-13/h1-2,4,6,13H,7H2,(H2,11,12). The van der Waals surface area contributed by atoms with E-state index in [4.69, 9.17) is 5.73 Å². The first-order valence-corrected chi connectivity index (χ1v) is 4.37. The molecular weight excluding hydrogens is 182 g/mol. The number of hydrogen-bond acceptors (Lipinski definition) is 2. The van der Waals surface area contributed by atoms with Crippen LogP contribution in [0.4, 0.5) is 0 Å². The van der Waals surface area contributed by atoms with Gasteiger partial charge < -0.3 is 5.73 Å². The zero-order chi connectivity index (χ0) is 9.68. The van der Waals surface area contributed by atoms with Crippen molar-refractivity contribution in [3.8, 4) is 11.8 Å². The van der Waals surface area contributed by atoms with Gasteiger partial charge in [-0.05, 0) is 12.1 Å². The van der Waals surface area contributed by atoms with Gasteiger partial charge in [0.2, 0.25) is 5.91 Å². The molecule has 3 heteroatoms. The van der Waals surface area contributed by atoms with E-state index in [2.05, 4.69) is 24.5 Å². The van der Waals surface area contributed by atoms with Gasteiger partial charge in [-0.1, -0.05) is 24.0 Å². The summed E-state index contributed by atoms with van der Waals surface area (Å²) in [5, 5.41) is 0. The number of benzene rings is 1. The van der Waals surface area contributed by atoms with Crippen molar-refractivity contribution >= 4 is 18.5 Å². The van der Waals surface area contributed by atoms with Crippen LogP contribution in [0.3, 0.4) is 0 Å². The summed E-state index contributed by atoms with van der Waals surface area (Å²) in [5.41, 5.74) is 6.27. The second-order valence-corrected chi connectivity index (χ2v) is 2.69. The molecule has 0 aliphatic carbocycles. The topological polar surface area (TPSA) is 43.1 Å². The molecule has 0 radical (unpaired) electrons. The minimum absolute atomic E-state index is 0.455. The number of carbonyl (C=O) groups excluding carboxylic acids is 1. The Hall–Kier alpha value is -1.40. The quantitative estimate of drug-likeness (QED) is 0.506. The summed E-state index contributed by atoms with van der Waals surface area (Å²) in [5.74, 6) is 5.59. The minimum atomic E-state index is -0.455. The Labute approximate surface area is 82.5 Å². The van der Waals surface area contributed by atoms with Gasteiger partial charge in [-0.25, -0.2) is 0 Å². The number of nitrogens with two attached hydrogens (primary N) is 1. The lowest BCUT2D eigenvalue weighted by Gasteiger charge is -1.97. The lowest BCUT2D eigenvalue weighted by Crippen LogP contribution is -2.12. The van der Waals surface area contributed by atoms with Crippen LogP contribution in [0.2, 0.25) is 0 Å². The molecule has 0 saturated heterocycles. The Morgan fingerprint density at radius 3 is 2.77 bits per heavy atom. The van der Waals surface area contributed by atoms with E-state index >= 15 is 0 Å². The molecular formula is C10H9NOS. The van der Waals surface area contributed by atoms with Gasteiger partial charge in [-0.15, -0.1) is 0 Å². The highest BCUT2D eigenvalue weighted by molar-refractivity contribution is 7.80. The molecule has 0 bridgehead atoms. The molecule has 2 nitrogen and oxygen atoms in total. The van der Waals surface area contributed by atoms with Crippen LogP contribution in [-0.4, -0.2) is 11.7 Å². The van der Waals surface area contributed by atoms with Gasteiger partial charge in [-0.2, -0.15) is 12.6 Å². The predicted molar refractivity (Wildman–Crippen MR) is 55.7 cm³/mol. The Balaban J connectivity index is 3.12. The van der Waals surface area contributed by atoms with E-state index < -0.39 is 5.91 Å². The summed E-state index contributed by atoms with van der Waals surface area (Å²) in [6, 6.07) is 6.99. The van der Waals surface area contributed by atoms with E-state index in [1.807, 2.05) is 6.07 Å². The van der Waals surface area contributed by atoms with Crippen LogP contribution in [0.1, 0.15) is 15.9 Å². The van der Waals surface area contributed by atoms with Crippen LogP contribution in [0, 0.1) is 11.8 Å². The van der Waals surface area contributed by atoms with Gasteiger partial charge >= 0.3 is 0 Å². The van der Waals surface area contributed by atoms with Crippen LogP contribution in [-0.2, 0) is 0 Å². The number of amides is 1. The summed E-state index contributed by atoms with van der Waals surface area (Å²) >= 11 is 3.95. The molecule has 0 spiro atoms. The zero-order valence-corrected chi connectivity index (χ0v) is 7.84. The molecule has 1 aromatic carbocycles. The van der Waals surface area contributed by atoms with Crippen molar-refractivity contribution in [1.29, 1.82) is 0 Å². The first kappa shape index (κ1) is 9.69. The van der Waals surface area contributed by atoms with Gasteiger partial charge in [0.1, 0.15) is 0 Å². The lowest BCUT2D eigenvalue weighted by atomic mass is 10.1. The fraction of sp³-hybridized carbons (Fsp3) is 0.100. The van der Waals surface area contributed by atoms with E-state index in [0.29, 0.717) is 16.9 Å². The summed E-state index contributed by atoms with van der Waals surface area (Å²) in [7, 11) is 0. The van der Waals surface area contributed by atoms with Crippen molar-refractivity contribution in [3.05, 3.63) is 35.4 Å². The Morgan fingerprint density at radius 2 is 2.15 bits per heavy atom. The normalized spacial score (nSPS) is 8.69. The number of rotatable bonds is 1. The molecule has 0 atom stereocenters. The molecule has 0 aliphatic heterocycles. The van der Waals surface area contributed by atoms with Crippen molar-refractivity contribution < 1.29 is 4.79 Å². The van der Waals surface area contributed by atoms with Crippen LogP contribution in [0.5, 0.6) is 0 Å². The smallest absolute Gasteiger partial charge is 0.249 e. The molecule has 0 fully saturated rings. The fourth-order valence-electron chi connectivity index (χ4n) is 0.942. The van der Waals surface area contributed by atoms with Crippen molar-refractivity contribution in [3.63, 3.8) is 0 Å². The Morgan fingerprint density at radius 1 is 1.46 bits per heavy atom. The lowest BCUT2D eigenvalue weighted by molar-refractivity contribution is 0.1000. The van der Waals surface area contributed by atoms with Gasteiger partial charge in [0.25, 0.3) is 0 Å². The first-order chi connectivity index (χ1) is 6.25. The fourth-order valence-corrected chi connectivity index (χ4v) is 1.02. The van der Waals surface area contributed by atoms with Gasteiger partial charge in [-0.3, -0.25) is 4.79 Å². The highest BCUT2D eigenvalue weighted by Gasteiger charge is 2.03. The molecule has 13 heavy (non-hydrogen) atoms. The average Bonchev–Trinajstić information content (AvgIpc) is 2.15. The van der Waals surface area contributed by atoms with Gasteiger partial charge in [0.15, 0.2) is 0 Å². The summed E-state index contributed by atoms with van der Waals surface area (Å²) in [4.78, 5) is 10.9. The number of carbonyl (C=O) groups is 1. The highest BCUT2D eigenvalue weighted by atomic mass is 32.1. The summed E-state index contributed by atoms with van der Waals surface area (Å²) in [6.45, 7) is 0. The average molecular weight is 191 g/mol. The van der Waals surface area contributed by atoms with E-state index in [9.17, 15) is 4.79 Å². The Kier molecular flexibility index (Phi) is 3.41. The molecule has 0 saturated carbocycles. The molecule has 0 heterocycles. The molecule has 2 N–H and O–H groups in total.